The van der Waals surface area contributed by atoms with E-state index in [1.54, 1.807) is 6.92 Å². The smallest absolute Gasteiger partial charge is 0.0421 e. The molecule has 0 aromatic heterocycles. The maximum absolute atomic E-state index is 9.92. The molecule has 0 aliphatic rings. The molecule has 40 valence electrons. The third-order valence-corrected chi connectivity index (χ3v) is 1.36. The van der Waals surface area contributed by atoms with E-state index in [1.807, 2.05) is 0 Å². The van der Waals surface area contributed by atoms with Crippen molar-refractivity contribution in [2.24, 2.45) is 5.14 Å². The van der Waals surface area contributed by atoms with Gasteiger partial charge in [-0.2, -0.15) is 14.6 Å². The topological polar surface area (TPSA) is 63.3 Å². The lowest BCUT2D eigenvalue weighted by atomic mass is 11.0. The molecule has 0 fully saturated rings. The summed E-state index contributed by atoms with van der Waals surface area (Å²) in [6.07, 6.45) is 0. The Bertz CT molecular complexity index is 75.6. The summed E-state index contributed by atoms with van der Waals surface area (Å²) < 4.78 is 18.1. The highest BCUT2D eigenvalue weighted by Gasteiger charge is 1.84. The van der Waals surface area contributed by atoms with Gasteiger partial charge >= 0.3 is 0 Å². The van der Waals surface area contributed by atoms with Gasteiger partial charge in [0.1, 0.15) is 0 Å². The van der Waals surface area contributed by atoms with Crippen LogP contribution in [0.5, 0.6) is 0 Å². The molecule has 3 nitrogen and oxygen atoms in total. The monoisotopic (exact) mass is 111 g/mol. The van der Waals surface area contributed by atoms with E-state index < -0.39 is 10.4 Å². The third-order valence-electron chi connectivity index (χ3n) is 0.453. The molecule has 4 heteroatoms. The van der Waals surface area contributed by atoms with Crippen molar-refractivity contribution < 1.29 is 8.76 Å². The van der Waals surface area contributed by atoms with Gasteiger partial charge in [-0.05, 0) is 6.92 Å². The molecule has 0 amide bonds. The van der Waals surface area contributed by atoms with Crippen LogP contribution in [0.15, 0.2) is 0 Å². The van der Waals surface area contributed by atoms with Crippen molar-refractivity contribution in [2.45, 2.75) is 6.92 Å². The minimum atomic E-state index is -3.15. The second kappa shape index (κ2) is 1.68. The highest BCUT2D eigenvalue weighted by molar-refractivity contribution is 7.95. The molecule has 0 atom stereocenters. The van der Waals surface area contributed by atoms with Crippen LogP contribution >= 0.6 is 0 Å². The molecule has 0 aliphatic carbocycles. The first-order valence-electron chi connectivity index (χ1n) is 1.66. The zero-order valence-corrected chi connectivity index (χ0v) is 4.48. The fraction of sp³-hybridized carbons (Fsp3) is 1.00. The summed E-state index contributed by atoms with van der Waals surface area (Å²) in [4.78, 5) is 0. The fourth-order valence-electron chi connectivity index (χ4n) is 0. The van der Waals surface area contributed by atoms with E-state index in [9.17, 15) is 4.21 Å². The summed E-state index contributed by atoms with van der Waals surface area (Å²) in [5.74, 6) is 0.160. The molecule has 0 aromatic carbocycles. The number of nitrogens with two attached hydrogens (primary N) is 1. The van der Waals surface area contributed by atoms with Crippen LogP contribution < -0.4 is 5.14 Å². The molecule has 3 N–H and O–H groups in total. The highest BCUT2D eigenvalue weighted by Crippen LogP contribution is 1.79. The van der Waals surface area contributed by atoms with E-state index in [2.05, 4.69) is 5.14 Å². The Morgan fingerprint density at radius 1 is 2.00 bits per heavy atom. The van der Waals surface area contributed by atoms with Crippen LogP contribution in [-0.2, 0) is 10.4 Å². The van der Waals surface area contributed by atoms with Gasteiger partial charge in [0.15, 0.2) is 0 Å². The van der Waals surface area contributed by atoms with Crippen molar-refractivity contribution in [1.29, 1.82) is 0 Å². The van der Waals surface area contributed by atoms with Gasteiger partial charge in [0.25, 0.3) is 0 Å². The van der Waals surface area contributed by atoms with Gasteiger partial charge in [0, 0.05) is 5.75 Å². The van der Waals surface area contributed by atoms with Crippen LogP contribution in [0.3, 0.4) is 0 Å². The Morgan fingerprint density at radius 3 is 2.17 bits per heavy atom. The molecule has 0 saturated carbocycles. The zero-order valence-electron chi connectivity index (χ0n) is 3.59. The summed E-state index contributed by atoms with van der Waals surface area (Å²) >= 11 is 0. The molecular weight excluding hydrogens is 102 g/mol. The summed E-state index contributed by atoms with van der Waals surface area (Å²) in [5.41, 5.74) is 0. The largest absolute Gasteiger partial charge is 0.293 e. The lowest BCUT2D eigenvalue weighted by molar-refractivity contribution is 0.543. The highest BCUT2D eigenvalue weighted by atomic mass is 32.3. The quantitative estimate of drug-likeness (QED) is 0.394. The first-order valence-corrected chi connectivity index (χ1v) is 3.58. The van der Waals surface area contributed by atoms with E-state index >= 15 is 0 Å². The van der Waals surface area contributed by atoms with Crippen LogP contribution in [0, 0.1) is 0 Å². The minimum absolute atomic E-state index is 0.160. The lowest BCUT2D eigenvalue weighted by Gasteiger charge is -2.10. The van der Waals surface area contributed by atoms with Gasteiger partial charge in [-0.15, -0.1) is 0 Å². The van der Waals surface area contributed by atoms with Gasteiger partial charge < -0.3 is 0 Å². The van der Waals surface area contributed by atoms with E-state index in [0.717, 1.165) is 0 Å². The van der Waals surface area contributed by atoms with Gasteiger partial charge in [0.2, 0.25) is 0 Å². The second-order valence-corrected chi connectivity index (χ2v) is 3.22. The molecule has 0 unspecified atom stereocenters. The van der Waals surface area contributed by atoms with Gasteiger partial charge in [-0.25, -0.2) is 5.14 Å². The molecular formula is C2H9NO2S. The standard InChI is InChI=1S/C2H9NO2S/c1-2-6(3,4)5/h6H,2H2,1H3,(H3,3,4,5). The maximum atomic E-state index is 9.92. The summed E-state index contributed by atoms with van der Waals surface area (Å²) in [5, 5.41) is 4.65. The van der Waals surface area contributed by atoms with Crippen molar-refractivity contribution >= 4 is 10.4 Å². The average Bonchev–Trinajstić information content (AvgIpc) is 1.35. The van der Waals surface area contributed by atoms with Crippen LogP contribution in [0.4, 0.5) is 0 Å². The number of rotatable bonds is 1. The summed E-state index contributed by atoms with van der Waals surface area (Å²) in [6.45, 7) is 1.57. The molecule has 6 heavy (non-hydrogen) atoms. The molecule has 0 saturated heterocycles. The van der Waals surface area contributed by atoms with Crippen molar-refractivity contribution in [3.63, 3.8) is 0 Å². The Hall–Kier alpha value is 0.0700. The predicted molar refractivity (Wildman–Crippen MR) is 26.9 cm³/mol. The van der Waals surface area contributed by atoms with Crippen LogP contribution in [0.1, 0.15) is 6.92 Å². The SMILES string of the molecule is CC[SH](N)(=O)O. The van der Waals surface area contributed by atoms with Crippen molar-refractivity contribution in [2.75, 3.05) is 5.75 Å². The van der Waals surface area contributed by atoms with Gasteiger partial charge in [-0.3, -0.25) is 4.55 Å². The number of hydrogen-bond acceptors (Lipinski definition) is 1. The molecule has 0 heterocycles. The number of hydrogen-bond donors (Lipinski definition) is 3. The summed E-state index contributed by atoms with van der Waals surface area (Å²) in [7, 11) is -3.15. The Balaban J connectivity index is 3.48. The lowest BCUT2D eigenvalue weighted by Crippen LogP contribution is -2.23. The first-order chi connectivity index (χ1) is 2.56. The second-order valence-electron chi connectivity index (χ2n) is 1.07. The summed E-state index contributed by atoms with van der Waals surface area (Å²) in [6, 6.07) is 0. The third kappa shape index (κ3) is 4.07. The maximum Gasteiger partial charge on any atom is 0.0421 e. The molecule has 0 spiro atoms. The zero-order chi connectivity index (χ0) is 5.21. The van der Waals surface area contributed by atoms with Gasteiger partial charge in [-0.1, -0.05) is 0 Å². The van der Waals surface area contributed by atoms with E-state index in [0.29, 0.717) is 0 Å². The molecule has 0 bridgehead atoms. The molecule has 0 aliphatic heterocycles. The normalized spacial score (nSPS) is 14.5. The minimum Gasteiger partial charge on any atom is -0.293 e. The Kier molecular flexibility index (Phi) is 1.70. The van der Waals surface area contributed by atoms with Gasteiger partial charge in [0.05, 0.1) is 0 Å². The van der Waals surface area contributed by atoms with Crippen molar-refractivity contribution in [3.05, 3.63) is 0 Å². The average molecular weight is 111 g/mol. The molecule has 0 rings (SSSR count). The first kappa shape index (κ1) is 6.07. The van der Waals surface area contributed by atoms with Crippen molar-refractivity contribution in [1.82, 2.24) is 0 Å². The van der Waals surface area contributed by atoms with E-state index in [4.69, 9.17) is 4.55 Å². The van der Waals surface area contributed by atoms with Crippen LogP contribution in [-0.4, -0.2) is 14.5 Å². The Labute approximate surface area is 37.9 Å². The predicted octanol–water partition coefficient (Wildman–Crippen LogP) is -0.630. The Morgan fingerprint density at radius 2 is 2.17 bits per heavy atom. The van der Waals surface area contributed by atoms with Crippen LogP contribution in [0.2, 0.25) is 0 Å². The number of thiol groups is 1. The fourth-order valence-corrected chi connectivity index (χ4v) is 0. The van der Waals surface area contributed by atoms with E-state index in [1.165, 1.54) is 0 Å². The molecule has 0 radical (unpaired) electrons. The molecule has 0 aromatic rings. The van der Waals surface area contributed by atoms with E-state index in [-0.39, 0.29) is 5.75 Å². The van der Waals surface area contributed by atoms with Crippen LogP contribution in [0.25, 0.3) is 0 Å². The van der Waals surface area contributed by atoms with Crippen molar-refractivity contribution in [3.8, 4) is 0 Å².